The van der Waals surface area contributed by atoms with Crippen LogP contribution in [0.1, 0.15) is 12.0 Å². The molecule has 0 bridgehead atoms. The number of hydrogen-bond acceptors (Lipinski definition) is 3. The molecule has 0 unspecified atom stereocenters. The van der Waals surface area contributed by atoms with Crippen molar-refractivity contribution in [2.24, 2.45) is 5.10 Å². The van der Waals surface area contributed by atoms with Gasteiger partial charge in [0.15, 0.2) is 0 Å². The van der Waals surface area contributed by atoms with E-state index >= 15 is 0 Å². The van der Waals surface area contributed by atoms with Crippen LogP contribution in [0.5, 0.6) is 0 Å². The predicted octanol–water partition coefficient (Wildman–Crippen LogP) is 4.13. The molecule has 2 aromatic carbocycles. The van der Waals surface area contributed by atoms with Crippen LogP contribution in [0.2, 0.25) is 15.1 Å². The molecule has 0 atom stereocenters. The molecule has 0 saturated carbocycles. The highest BCUT2D eigenvalue weighted by Gasteiger charge is 2.09. The minimum atomic E-state index is -0.559. The van der Waals surface area contributed by atoms with Crippen LogP contribution in [-0.2, 0) is 9.59 Å². The lowest BCUT2D eigenvalue weighted by atomic mass is 10.2. The fourth-order valence-electron chi connectivity index (χ4n) is 1.74. The maximum atomic E-state index is 11.8. The number of hydrazone groups is 1. The highest BCUT2D eigenvalue weighted by molar-refractivity contribution is 6.36. The summed E-state index contributed by atoms with van der Waals surface area (Å²) < 4.78 is 0. The van der Waals surface area contributed by atoms with E-state index in [2.05, 4.69) is 15.8 Å². The van der Waals surface area contributed by atoms with Gasteiger partial charge in [0.1, 0.15) is 6.42 Å². The van der Waals surface area contributed by atoms with E-state index in [0.29, 0.717) is 26.3 Å². The zero-order valence-corrected chi connectivity index (χ0v) is 14.5. The number of carbonyl (C=O) groups is 2. The van der Waals surface area contributed by atoms with Gasteiger partial charge in [-0.1, -0.05) is 46.9 Å². The second-order valence-corrected chi connectivity index (χ2v) is 5.97. The highest BCUT2D eigenvalue weighted by atomic mass is 35.5. The van der Waals surface area contributed by atoms with Gasteiger partial charge in [-0.25, -0.2) is 5.43 Å². The maximum absolute atomic E-state index is 11.8. The standard InChI is InChI=1S/C16H12Cl3N3O2/c17-11-2-1-3-13(6-11)21-15(23)8-16(24)22-20-9-10-4-5-12(18)7-14(10)19/h1-7,9H,8H2,(H,21,23)(H,22,24). The average Bonchev–Trinajstić information content (AvgIpc) is 2.49. The number of carbonyl (C=O) groups excluding carboxylic acids is 2. The number of halogens is 3. The third kappa shape index (κ3) is 5.85. The molecule has 124 valence electrons. The van der Waals surface area contributed by atoms with E-state index in [1.54, 1.807) is 42.5 Å². The summed E-state index contributed by atoms with van der Waals surface area (Å²) in [7, 11) is 0. The number of rotatable bonds is 5. The van der Waals surface area contributed by atoms with E-state index in [1.807, 2.05) is 0 Å². The lowest BCUT2D eigenvalue weighted by Gasteiger charge is -2.04. The Morgan fingerprint density at radius 1 is 1.00 bits per heavy atom. The molecule has 2 amide bonds. The van der Waals surface area contributed by atoms with Crippen molar-refractivity contribution in [3.05, 3.63) is 63.1 Å². The fraction of sp³-hybridized carbons (Fsp3) is 0.0625. The minimum Gasteiger partial charge on any atom is -0.326 e. The molecule has 0 radical (unpaired) electrons. The first-order valence-corrected chi connectivity index (χ1v) is 7.90. The number of nitrogens with zero attached hydrogens (tertiary/aromatic N) is 1. The van der Waals surface area contributed by atoms with Crippen molar-refractivity contribution in [2.45, 2.75) is 6.42 Å². The smallest absolute Gasteiger partial charge is 0.249 e. The Balaban J connectivity index is 1.84. The lowest BCUT2D eigenvalue weighted by molar-refractivity contribution is -0.126. The topological polar surface area (TPSA) is 70.6 Å². The highest BCUT2D eigenvalue weighted by Crippen LogP contribution is 2.19. The molecule has 0 saturated heterocycles. The molecule has 0 heterocycles. The van der Waals surface area contributed by atoms with Gasteiger partial charge in [0.25, 0.3) is 0 Å². The van der Waals surface area contributed by atoms with Crippen LogP contribution in [0.4, 0.5) is 5.69 Å². The largest absolute Gasteiger partial charge is 0.326 e. The predicted molar refractivity (Wildman–Crippen MR) is 96.9 cm³/mol. The molecular weight excluding hydrogens is 373 g/mol. The van der Waals surface area contributed by atoms with Crippen LogP contribution in [-0.4, -0.2) is 18.0 Å². The summed E-state index contributed by atoms with van der Waals surface area (Å²) in [6.07, 6.45) is 0.990. The second-order valence-electron chi connectivity index (χ2n) is 4.69. The fourth-order valence-corrected chi connectivity index (χ4v) is 2.38. The van der Waals surface area contributed by atoms with E-state index < -0.39 is 11.8 Å². The van der Waals surface area contributed by atoms with Gasteiger partial charge in [-0.2, -0.15) is 5.10 Å². The molecule has 0 fully saturated rings. The van der Waals surface area contributed by atoms with E-state index in [9.17, 15) is 9.59 Å². The summed E-state index contributed by atoms with van der Waals surface area (Å²) in [4.78, 5) is 23.4. The summed E-state index contributed by atoms with van der Waals surface area (Å²) in [5, 5.41) is 7.71. The first-order chi connectivity index (χ1) is 11.4. The number of anilines is 1. The van der Waals surface area contributed by atoms with Crippen molar-refractivity contribution in [3.63, 3.8) is 0 Å². The van der Waals surface area contributed by atoms with E-state index in [0.717, 1.165) is 0 Å². The normalized spacial score (nSPS) is 10.6. The SMILES string of the molecule is O=C(CC(=O)Nc1cccc(Cl)c1)NN=Cc1ccc(Cl)cc1Cl. The first-order valence-electron chi connectivity index (χ1n) is 6.76. The Bertz CT molecular complexity index is 794. The van der Waals surface area contributed by atoms with Gasteiger partial charge in [-0.05, 0) is 30.3 Å². The van der Waals surface area contributed by atoms with Gasteiger partial charge < -0.3 is 5.32 Å². The van der Waals surface area contributed by atoms with Crippen LogP contribution in [0.15, 0.2) is 47.6 Å². The monoisotopic (exact) mass is 383 g/mol. The van der Waals surface area contributed by atoms with Crippen molar-refractivity contribution in [1.29, 1.82) is 0 Å². The second kappa shape index (κ2) is 8.68. The molecule has 2 aromatic rings. The quantitative estimate of drug-likeness (QED) is 0.462. The van der Waals surface area contributed by atoms with Gasteiger partial charge in [0, 0.05) is 21.3 Å². The van der Waals surface area contributed by atoms with Crippen LogP contribution in [0.25, 0.3) is 0 Å². The molecule has 0 aliphatic heterocycles. The van der Waals surface area contributed by atoms with Crippen molar-refractivity contribution in [2.75, 3.05) is 5.32 Å². The van der Waals surface area contributed by atoms with E-state index in [-0.39, 0.29) is 6.42 Å². The number of benzene rings is 2. The van der Waals surface area contributed by atoms with Gasteiger partial charge in [-0.3, -0.25) is 9.59 Å². The van der Waals surface area contributed by atoms with Crippen molar-refractivity contribution in [1.82, 2.24) is 5.43 Å². The van der Waals surface area contributed by atoms with Gasteiger partial charge in [-0.15, -0.1) is 0 Å². The zero-order chi connectivity index (χ0) is 17.5. The Labute approximate surface area is 153 Å². The zero-order valence-electron chi connectivity index (χ0n) is 12.2. The third-order valence-corrected chi connectivity index (χ3v) is 3.58. The molecule has 2 N–H and O–H groups in total. The molecule has 0 spiro atoms. The molecule has 8 heteroatoms. The Morgan fingerprint density at radius 3 is 2.46 bits per heavy atom. The summed E-state index contributed by atoms with van der Waals surface area (Å²) in [5.41, 5.74) is 3.35. The Kier molecular flexibility index (Phi) is 6.61. The van der Waals surface area contributed by atoms with Crippen LogP contribution >= 0.6 is 34.8 Å². The molecule has 0 aliphatic rings. The Hall–Kier alpha value is -2.08. The van der Waals surface area contributed by atoms with Gasteiger partial charge >= 0.3 is 0 Å². The molecule has 0 aliphatic carbocycles. The summed E-state index contributed by atoms with van der Waals surface area (Å²) >= 11 is 17.6. The number of amides is 2. The molecule has 5 nitrogen and oxygen atoms in total. The summed E-state index contributed by atoms with van der Waals surface area (Å²) in [6.45, 7) is 0. The summed E-state index contributed by atoms with van der Waals surface area (Å²) in [6, 6.07) is 11.5. The van der Waals surface area contributed by atoms with Crippen LogP contribution in [0, 0.1) is 0 Å². The minimum absolute atomic E-state index is 0.377. The summed E-state index contributed by atoms with van der Waals surface area (Å²) in [5.74, 6) is -1.04. The van der Waals surface area contributed by atoms with E-state index in [1.165, 1.54) is 6.21 Å². The average molecular weight is 385 g/mol. The lowest BCUT2D eigenvalue weighted by Crippen LogP contribution is -2.24. The number of nitrogens with one attached hydrogen (secondary N) is 2. The Morgan fingerprint density at radius 2 is 1.75 bits per heavy atom. The molecule has 24 heavy (non-hydrogen) atoms. The third-order valence-electron chi connectivity index (χ3n) is 2.78. The van der Waals surface area contributed by atoms with Crippen LogP contribution in [0.3, 0.4) is 0 Å². The van der Waals surface area contributed by atoms with E-state index in [4.69, 9.17) is 34.8 Å². The van der Waals surface area contributed by atoms with Gasteiger partial charge in [0.05, 0.1) is 11.2 Å². The van der Waals surface area contributed by atoms with Crippen LogP contribution < -0.4 is 10.7 Å². The first kappa shape index (κ1) is 18.3. The van der Waals surface area contributed by atoms with Crippen molar-refractivity contribution in [3.8, 4) is 0 Å². The molecule has 2 rings (SSSR count). The van der Waals surface area contributed by atoms with Crippen molar-refractivity contribution >= 4 is 58.5 Å². The molecular formula is C16H12Cl3N3O2. The maximum Gasteiger partial charge on any atom is 0.249 e. The molecule has 0 aromatic heterocycles. The van der Waals surface area contributed by atoms with Gasteiger partial charge in [0.2, 0.25) is 11.8 Å². The van der Waals surface area contributed by atoms with Crippen molar-refractivity contribution < 1.29 is 9.59 Å². The number of hydrogen-bond donors (Lipinski definition) is 2.